The number of carbonyl (C=O) groups excluding carboxylic acids is 1. The zero-order valence-electron chi connectivity index (χ0n) is 13.4. The smallest absolute Gasteiger partial charge is 0.257 e. The lowest BCUT2D eigenvalue weighted by atomic mass is 10.0. The lowest BCUT2D eigenvalue weighted by Crippen LogP contribution is -2.33. The van der Waals surface area contributed by atoms with Crippen molar-refractivity contribution in [2.45, 2.75) is 19.4 Å². The van der Waals surface area contributed by atoms with Gasteiger partial charge in [-0.1, -0.05) is 43.3 Å². The predicted octanol–water partition coefficient (Wildman–Crippen LogP) is 3.19. The molecule has 1 aliphatic carbocycles. The third kappa shape index (κ3) is 2.31. The molecule has 120 valence electrons. The first-order chi connectivity index (χ1) is 11.6. The number of para-hydroxylation sites is 1. The Labute approximate surface area is 139 Å². The summed E-state index contributed by atoms with van der Waals surface area (Å²) in [6.45, 7) is 2.12. The number of amides is 1. The Bertz CT molecular complexity index is 990. The minimum Gasteiger partial charge on any atom is -0.360 e. The number of pyridine rings is 1. The summed E-state index contributed by atoms with van der Waals surface area (Å²) in [5, 5.41) is 3.58. The molecule has 2 aromatic carbocycles. The Kier molecular flexibility index (Phi) is 3.45. The molecule has 3 aromatic rings. The minimum absolute atomic E-state index is 0.0560. The summed E-state index contributed by atoms with van der Waals surface area (Å²) in [6.07, 6.45) is 2.45. The number of rotatable bonds is 2. The Hall–Kier alpha value is -2.88. The maximum Gasteiger partial charge on any atom is 0.257 e. The average molecular weight is 318 g/mol. The Morgan fingerprint density at radius 3 is 2.75 bits per heavy atom. The van der Waals surface area contributed by atoms with Crippen molar-refractivity contribution in [1.82, 2.24) is 10.3 Å². The SMILES string of the molecule is C[C@H]1Cc2ccccc2[C@H]1NC(=O)c1c[nH]c2ccccc2c1=O. The van der Waals surface area contributed by atoms with Crippen molar-refractivity contribution in [3.8, 4) is 0 Å². The van der Waals surface area contributed by atoms with Crippen LogP contribution in [-0.2, 0) is 6.42 Å². The monoisotopic (exact) mass is 318 g/mol. The molecule has 0 spiro atoms. The summed E-state index contributed by atoms with van der Waals surface area (Å²) in [7, 11) is 0. The van der Waals surface area contributed by atoms with Gasteiger partial charge in [-0.3, -0.25) is 9.59 Å². The highest BCUT2D eigenvalue weighted by molar-refractivity contribution is 5.97. The van der Waals surface area contributed by atoms with E-state index in [2.05, 4.69) is 29.4 Å². The molecule has 0 saturated heterocycles. The molecular formula is C20H18N2O2. The first kappa shape index (κ1) is 14.7. The largest absolute Gasteiger partial charge is 0.360 e. The van der Waals surface area contributed by atoms with Gasteiger partial charge >= 0.3 is 0 Å². The number of hydrogen-bond acceptors (Lipinski definition) is 2. The van der Waals surface area contributed by atoms with Crippen LogP contribution in [0, 0.1) is 5.92 Å². The van der Waals surface area contributed by atoms with Gasteiger partial charge in [-0.2, -0.15) is 0 Å². The number of aromatic nitrogens is 1. The molecule has 1 aliphatic rings. The second-order valence-corrected chi connectivity index (χ2v) is 6.41. The van der Waals surface area contributed by atoms with Crippen LogP contribution in [0.4, 0.5) is 0 Å². The van der Waals surface area contributed by atoms with Gasteiger partial charge in [-0.15, -0.1) is 0 Å². The van der Waals surface area contributed by atoms with Crippen LogP contribution in [0.3, 0.4) is 0 Å². The maximum atomic E-state index is 12.7. The van der Waals surface area contributed by atoms with Gasteiger partial charge in [-0.25, -0.2) is 0 Å². The van der Waals surface area contributed by atoms with Crippen molar-refractivity contribution in [1.29, 1.82) is 0 Å². The molecule has 0 bridgehead atoms. The second-order valence-electron chi connectivity index (χ2n) is 6.41. The number of carbonyl (C=O) groups is 1. The quantitative estimate of drug-likeness (QED) is 0.762. The number of aromatic amines is 1. The number of fused-ring (bicyclic) bond motifs is 2. The molecule has 4 rings (SSSR count). The minimum atomic E-state index is -0.324. The fraction of sp³-hybridized carbons (Fsp3) is 0.200. The molecule has 1 heterocycles. The third-order valence-corrected chi connectivity index (χ3v) is 4.82. The maximum absolute atomic E-state index is 12.7. The topological polar surface area (TPSA) is 62.0 Å². The van der Waals surface area contributed by atoms with Crippen LogP contribution in [0.25, 0.3) is 10.9 Å². The van der Waals surface area contributed by atoms with E-state index < -0.39 is 0 Å². The number of H-pyrrole nitrogens is 1. The molecule has 0 radical (unpaired) electrons. The van der Waals surface area contributed by atoms with E-state index in [4.69, 9.17) is 0 Å². The molecule has 0 aliphatic heterocycles. The molecule has 1 aromatic heterocycles. The van der Waals surface area contributed by atoms with Crippen LogP contribution in [0.1, 0.15) is 34.5 Å². The van der Waals surface area contributed by atoms with Crippen LogP contribution in [0.5, 0.6) is 0 Å². The zero-order chi connectivity index (χ0) is 16.7. The van der Waals surface area contributed by atoms with E-state index >= 15 is 0 Å². The van der Waals surface area contributed by atoms with Crippen LogP contribution in [0.15, 0.2) is 59.5 Å². The van der Waals surface area contributed by atoms with Crippen molar-refractivity contribution >= 4 is 16.8 Å². The van der Waals surface area contributed by atoms with Gasteiger partial charge in [0, 0.05) is 17.1 Å². The van der Waals surface area contributed by atoms with Crippen molar-refractivity contribution in [3.05, 3.63) is 81.6 Å². The first-order valence-corrected chi connectivity index (χ1v) is 8.14. The van der Waals surface area contributed by atoms with E-state index in [9.17, 15) is 9.59 Å². The molecule has 4 heteroatoms. The lowest BCUT2D eigenvalue weighted by molar-refractivity contribution is 0.0926. The molecule has 24 heavy (non-hydrogen) atoms. The molecule has 4 nitrogen and oxygen atoms in total. The predicted molar refractivity (Wildman–Crippen MR) is 94.1 cm³/mol. The van der Waals surface area contributed by atoms with E-state index in [1.807, 2.05) is 24.3 Å². The van der Waals surface area contributed by atoms with Gasteiger partial charge in [0.2, 0.25) is 5.43 Å². The van der Waals surface area contributed by atoms with E-state index in [0.717, 1.165) is 17.5 Å². The fourth-order valence-electron chi connectivity index (χ4n) is 3.57. The normalized spacial score (nSPS) is 19.2. The summed E-state index contributed by atoms with van der Waals surface area (Å²) < 4.78 is 0. The Morgan fingerprint density at radius 2 is 1.88 bits per heavy atom. The summed E-state index contributed by atoms with van der Waals surface area (Å²) in [5.74, 6) is -0.0126. The number of nitrogens with one attached hydrogen (secondary N) is 2. The van der Waals surface area contributed by atoms with Gasteiger partial charge < -0.3 is 10.3 Å². The summed E-state index contributed by atoms with van der Waals surface area (Å²) in [5.41, 5.74) is 3.07. The van der Waals surface area contributed by atoms with Crippen LogP contribution in [-0.4, -0.2) is 10.9 Å². The Balaban J connectivity index is 1.68. The summed E-state index contributed by atoms with van der Waals surface area (Å²) in [4.78, 5) is 28.3. The van der Waals surface area contributed by atoms with E-state index in [1.165, 1.54) is 11.8 Å². The van der Waals surface area contributed by atoms with E-state index in [-0.39, 0.29) is 22.9 Å². The van der Waals surface area contributed by atoms with Crippen LogP contribution in [0.2, 0.25) is 0 Å². The number of benzene rings is 2. The van der Waals surface area contributed by atoms with Gasteiger partial charge in [0.25, 0.3) is 5.91 Å². The standard InChI is InChI=1S/C20H18N2O2/c1-12-10-13-6-2-3-7-14(13)18(12)22-20(24)16-11-21-17-9-5-4-8-15(17)19(16)23/h2-9,11-12,18H,10H2,1H3,(H,21,23)(H,22,24)/t12-,18-/m0/s1. The third-order valence-electron chi connectivity index (χ3n) is 4.82. The highest BCUT2D eigenvalue weighted by atomic mass is 16.2. The summed E-state index contributed by atoms with van der Waals surface area (Å²) in [6, 6.07) is 15.3. The molecule has 1 amide bonds. The average Bonchev–Trinajstić information content (AvgIpc) is 2.91. The highest BCUT2D eigenvalue weighted by Crippen LogP contribution is 2.35. The molecule has 2 N–H and O–H groups in total. The molecular weight excluding hydrogens is 300 g/mol. The van der Waals surface area contributed by atoms with E-state index in [0.29, 0.717) is 11.3 Å². The zero-order valence-corrected chi connectivity index (χ0v) is 13.4. The van der Waals surface area contributed by atoms with Gasteiger partial charge in [-0.05, 0) is 35.6 Å². The van der Waals surface area contributed by atoms with E-state index in [1.54, 1.807) is 12.1 Å². The van der Waals surface area contributed by atoms with Crippen molar-refractivity contribution < 1.29 is 4.79 Å². The fourth-order valence-corrected chi connectivity index (χ4v) is 3.57. The van der Waals surface area contributed by atoms with Crippen molar-refractivity contribution in [3.63, 3.8) is 0 Å². The Morgan fingerprint density at radius 1 is 1.12 bits per heavy atom. The van der Waals surface area contributed by atoms with Crippen molar-refractivity contribution in [2.24, 2.45) is 5.92 Å². The van der Waals surface area contributed by atoms with Crippen LogP contribution >= 0.6 is 0 Å². The lowest BCUT2D eigenvalue weighted by Gasteiger charge is -2.18. The summed E-state index contributed by atoms with van der Waals surface area (Å²) >= 11 is 0. The van der Waals surface area contributed by atoms with Crippen molar-refractivity contribution in [2.75, 3.05) is 0 Å². The molecule has 0 unspecified atom stereocenters. The van der Waals surface area contributed by atoms with Gasteiger partial charge in [0.15, 0.2) is 0 Å². The second kappa shape index (κ2) is 5.64. The van der Waals surface area contributed by atoms with Gasteiger partial charge in [0.1, 0.15) is 5.56 Å². The molecule has 0 saturated carbocycles. The highest BCUT2D eigenvalue weighted by Gasteiger charge is 2.30. The molecule has 0 fully saturated rings. The van der Waals surface area contributed by atoms with Crippen LogP contribution < -0.4 is 10.7 Å². The van der Waals surface area contributed by atoms with Gasteiger partial charge in [0.05, 0.1) is 6.04 Å². The first-order valence-electron chi connectivity index (χ1n) is 8.14. The molecule has 2 atom stereocenters. The number of hydrogen-bond donors (Lipinski definition) is 2.